The van der Waals surface area contributed by atoms with Gasteiger partial charge in [-0.3, -0.25) is 4.79 Å². The third-order valence-corrected chi connectivity index (χ3v) is 2.78. The first-order chi connectivity index (χ1) is 9.24. The van der Waals surface area contributed by atoms with Crippen LogP contribution >= 0.6 is 0 Å². The van der Waals surface area contributed by atoms with Crippen molar-refractivity contribution in [2.75, 3.05) is 0 Å². The van der Waals surface area contributed by atoms with Crippen molar-refractivity contribution in [1.82, 2.24) is 0 Å². The number of hydrogen-bond donors (Lipinski definition) is 0. The Bertz CT molecular complexity index is 660. The number of ether oxygens (including phenoxy) is 1. The zero-order valence-corrected chi connectivity index (χ0v) is 10.9. The van der Waals surface area contributed by atoms with Crippen molar-refractivity contribution in [2.24, 2.45) is 0 Å². The van der Waals surface area contributed by atoms with Gasteiger partial charge in [-0.25, -0.2) is 0 Å². The molecular formula is C17H14O2. The highest BCUT2D eigenvalue weighted by atomic mass is 16.5. The molecule has 0 bridgehead atoms. The second-order valence-electron chi connectivity index (χ2n) is 4.09. The molecule has 0 atom stereocenters. The largest absolute Gasteiger partial charge is 0.407 e. The van der Waals surface area contributed by atoms with E-state index in [0.29, 0.717) is 16.9 Å². The number of benzene rings is 2. The minimum absolute atomic E-state index is 0.0494. The summed E-state index contributed by atoms with van der Waals surface area (Å²) in [6.45, 7) is 3.61. The monoisotopic (exact) mass is 250 g/mol. The first-order valence-electron chi connectivity index (χ1n) is 6.02. The maximum Gasteiger partial charge on any atom is 0.197 e. The lowest BCUT2D eigenvalue weighted by Gasteiger charge is -2.08. The molecule has 2 nitrogen and oxygen atoms in total. The quantitative estimate of drug-likeness (QED) is 0.614. The van der Waals surface area contributed by atoms with Gasteiger partial charge in [0.2, 0.25) is 0 Å². The Hall–Kier alpha value is -2.53. The molecule has 0 fully saturated rings. The van der Waals surface area contributed by atoms with Crippen LogP contribution in [0.2, 0.25) is 0 Å². The number of rotatable bonds is 3. The molecule has 0 N–H and O–H groups in total. The summed E-state index contributed by atoms with van der Waals surface area (Å²) >= 11 is 0. The van der Waals surface area contributed by atoms with Crippen LogP contribution in [0.1, 0.15) is 28.4 Å². The number of hydrogen-bond acceptors (Lipinski definition) is 2. The number of para-hydroxylation sites is 1. The van der Waals surface area contributed by atoms with Crippen molar-refractivity contribution in [3.63, 3.8) is 0 Å². The predicted octanol–water partition coefficient (Wildman–Crippen LogP) is 3.59. The van der Waals surface area contributed by atoms with E-state index in [9.17, 15) is 4.79 Å². The van der Waals surface area contributed by atoms with Gasteiger partial charge in [0.25, 0.3) is 0 Å². The van der Waals surface area contributed by atoms with E-state index >= 15 is 0 Å². The highest BCUT2D eigenvalue weighted by Gasteiger charge is 2.15. The molecule has 0 spiro atoms. The molecule has 0 aliphatic heterocycles. The van der Waals surface area contributed by atoms with Crippen LogP contribution < -0.4 is 4.74 Å². The smallest absolute Gasteiger partial charge is 0.197 e. The summed E-state index contributed by atoms with van der Waals surface area (Å²) < 4.78 is 5.29. The van der Waals surface area contributed by atoms with Gasteiger partial charge in [0, 0.05) is 12.5 Å². The van der Waals surface area contributed by atoms with Crippen LogP contribution in [0.3, 0.4) is 0 Å². The van der Waals surface area contributed by atoms with E-state index in [1.54, 1.807) is 19.1 Å². The first kappa shape index (κ1) is 12.9. The van der Waals surface area contributed by atoms with Crippen LogP contribution in [-0.2, 0) is 0 Å². The van der Waals surface area contributed by atoms with Gasteiger partial charge in [-0.05, 0) is 24.6 Å². The van der Waals surface area contributed by atoms with Crippen molar-refractivity contribution in [2.45, 2.75) is 13.8 Å². The summed E-state index contributed by atoms with van der Waals surface area (Å²) in [4.78, 5) is 12.5. The SMILES string of the molecule is CC#COc1ccccc1C(=O)c1ccccc1C. The summed E-state index contributed by atoms with van der Waals surface area (Å²) in [6, 6.07) is 14.6. The zero-order valence-electron chi connectivity index (χ0n) is 10.9. The number of carbonyl (C=O) groups is 1. The second kappa shape index (κ2) is 5.88. The van der Waals surface area contributed by atoms with Gasteiger partial charge < -0.3 is 4.74 Å². The molecule has 0 unspecified atom stereocenters. The Labute approximate surface area is 113 Å². The van der Waals surface area contributed by atoms with Crippen LogP contribution in [-0.4, -0.2) is 5.78 Å². The normalized spacial score (nSPS) is 9.37. The fraction of sp³-hybridized carbons (Fsp3) is 0.118. The molecule has 2 aromatic rings. The lowest BCUT2D eigenvalue weighted by Crippen LogP contribution is -2.05. The highest BCUT2D eigenvalue weighted by molar-refractivity contribution is 6.11. The fourth-order valence-corrected chi connectivity index (χ4v) is 1.82. The van der Waals surface area contributed by atoms with Crippen molar-refractivity contribution in [3.8, 4) is 17.8 Å². The second-order valence-corrected chi connectivity index (χ2v) is 4.09. The number of carbonyl (C=O) groups excluding carboxylic acids is 1. The Kier molecular flexibility index (Phi) is 4.00. The van der Waals surface area contributed by atoms with Crippen molar-refractivity contribution >= 4 is 5.78 Å². The predicted molar refractivity (Wildman–Crippen MR) is 75.1 cm³/mol. The van der Waals surface area contributed by atoms with E-state index < -0.39 is 0 Å². The first-order valence-corrected chi connectivity index (χ1v) is 6.02. The molecule has 0 aliphatic carbocycles. The maximum atomic E-state index is 12.5. The molecule has 0 aliphatic rings. The molecule has 2 heteroatoms. The van der Waals surface area contributed by atoms with Crippen LogP contribution in [0, 0.1) is 19.0 Å². The van der Waals surface area contributed by atoms with Gasteiger partial charge in [-0.15, -0.1) is 0 Å². The van der Waals surface area contributed by atoms with Crippen molar-refractivity contribution in [3.05, 3.63) is 65.2 Å². The van der Waals surface area contributed by atoms with Gasteiger partial charge >= 0.3 is 0 Å². The molecule has 0 amide bonds. The molecule has 0 heterocycles. The van der Waals surface area contributed by atoms with E-state index in [2.05, 4.69) is 12.0 Å². The summed E-state index contributed by atoms with van der Waals surface area (Å²) in [5.74, 6) is 3.09. The van der Waals surface area contributed by atoms with E-state index in [1.807, 2.05) is 43.3 Å². The third kappa shape index (κ3) is 2.83. The molecule has 0 saturated heterocycles. The van der Waals surface area contributed by atoms with Crippen LogP contribution in [0.15, 0.2) is 48.5 Å². The van der Waals surface area contributed by atoms with Gasteiger partial charge in [-0.2, -0.15) is 0 Å². The van der Waals surface area contributed by atoms with Crippen LogP contribution in [0.4, 0.5) is 0 Å². The Morgan fingerprint density at radius 2 is 1.63 bits per heavy atom. The minimum atomic E-state index is -0.0494. The third-order valence-electron chi connectivity index (χ3n) is 2.78. The van der Waals surface area contributed by atoms with Gasteiger partial charge in [0.05, 0.1) is 5.56 Å². The maximum absolute atomic E-state index is 12.5. The molecule has 0 saturated carbocycles. The van der Waals surface area contributed by atoms with E-state index in [-0.39, 0.29) is 5.78 Å². The fourth-order valence-electron chi connectivity index (χ4n) is 1.82. The topological polar surface area (TPSA) is 26.3 Å². The van der Waals surface area contributed by atoms with E-state index in [1.165, 1.54) is 0 Å². The highest BCUT2D eigenvalue weighted by Crippen LogP contribution is 2.22. The van der Waals surface area contributed by atoms with Gasteiger partial charge in [-0.1, -0.05) is 42.3 Å². The molecule has 2 rings (SSSR count). The van der Waals surface area contributed by atoms with E-state index in [4.69, 9.17) is 4.74 Å². The van der Waals surface area contributed by atoms with Crippen molar-refractivity contribution in [1.29, 1.82) is 0 Å². The van der Waals surface area contributed by atoms with Crippen LogP contribution in [0.5, 0.6) is 5.75 Å². The lowest BCUT2D eigenvalue weighted by molar-refractivity contribution is 0.103. The molecule has 0 radical (unpaired) electrons. The molecular weight excluding hydrogens is 236 g/mol. The van der Waals surface area contributed by atoms with Gasteiger partial charge in [0.15, 0.2) is 11.5 Å². The van der Waals surface area contributed by atoms with Gasteiger partial charge in [0.1, 0.15) is 6.11 Å². The molecule has 2 aromatic carbocycles. The summed E-state index contributed by atoms with van der Waals surface area (Å²) in [7, 11) is 0. The van der Waals surface area contributed by atoms with Crippen molar-refractivity contribution < 1.29 is 9.53 Å². The Morgan fingerprint density at radius 3 is 2.32 bits per heavy atom. The standard InChI is InChI=1S/C17H14O2/c1-3-12-19-16-11-7-6-10-15(16)17(18)14-9-5-4-8-13(14)2/h4-11H,1-2H3. The summed E-state index contributed by atoms with van der Waals surface area (Å²) in [5.41, 5.74) is 2.16. The minimum Gasteiger partial charge on any atom is -0.407 e. The molecule has 19 heavy (non-hydrogen) atoms. The van der Waals surface area contributed by atoms with E-state index in [0.717, 1.165) is 5.56 Å². The zero-order chi connectivity index (χ0) is 13.7. The summed E-state index contributed by atoms with van der Waals surface area (Å²) in [6.07, 6.45) is 2.52. The molecule has 0 aromatic heterocycles. The lowest BCUT2D eigenvalue weighted by atomic mass is 9.98. The summed E-state index contributed by atoms with van der Waals surface area (Å²) in [5, 5.41) is 0. The Morgan fingerprint density at radius 1 is 1.00 bits per heavy atom. The average molecular weight is 250 g/mol. The number of ketones is 1. The molecule has 94 valence electrons. The Balaban J connectivity index is 2.44. The number of aryl methyl sites for hydroxylation is 1. The average Bonchev–Trinajstić information content (AvgIpc) is 2.45. The van der Waals surface area contributed by atoms with Crippen LogP contribution in [0.25, 0.3) is 0 Å².